The summed E-state index contributed by atoms with van der Waals surface area (Å²) in [6.07, 6.45) is 8.40. The average Bonchev–Trinajstić information content (AvgIpc) is 2.65. The zero-order valence-corrected chi connectivity index (χ0v) is 16.0. The van der Waals surface area contributed by atoms with Crippen molar-refractivity contribution in [2.45, 2.75) is 13.8 Å². The SMILES string of the molecule is C/C=C(/c1ccc(Br)cc1)c1cnc(NC(=O)c2cnccc2C)cn1. The maximum absolute atomic E-state index is 12.3. The summed E-state index contributed by atoms with van der Waals surface area (Å²) < 4.78 is 1.02. The van der Waals surface area contributed by atoms with Crippen LogP contribution >= 0.6 is 15.9 Å². The molecule has 0 fully saturated rings. The number of nitrogens with zero attached hydrogens (tertiary/aromatic N) is 3. The van der Waals surface area contributed by atoms with Gasteiger partial charge in [-0.15, -0.1) is 0 Å². The van der Waals surface area contributed by atoms with E-state index in [-0.39, 0.29) is 5.91 Å². The van der Waals surface area contributed by atoms with Crippen molar-refractivity contribution < 1.29 is 4.79 Å². The predicted molar refractivity (Wildman–Crippen MR) is 106 cm³/mol. The molecule has 0 spiro atoms. The van der Waals surface area contributed by atoms with Gasteiger partial charge in [-0.1, -0.05) is 34.1 Å². The summed E-state index contributed by atoms with van der Waals surface area (Å²) in [6, 6.07) is 9.79. The molecule has 5 nitrogen and oxygen atoms in total. The van der Waals surface area contributed by atoms with Crippen molar-refractivity contribution >= 4 is 33.2 Å². The summed E-state index contributed by atoms with van der Waals surface area (Å²) in [7, 11) is 0. The molecule has 1 amide bonds. The second kappa shape index (κ2) is 8.01. The minimum atomic E-state index is -0.253. The number of pyridine rings is 1. The first-order valence-corrected chi connectivity index (χ1v) is 8.84. The molecule has 0 radical (unpaired) electrons. The number of amides is 1. The van der Waals surface area contributed by atoms with Crippen molar-refractivity contribution in [2.24, 2.45) is 0 Å². The maximum Gasteiger partial charge on any atom is 0.258 e. The molecule has 6 heteroatoms. The lowest BCUT2D eigenvalue weighted by atomic mass is 10.0. The highest BCUT2D eigenvalue weighted by molar-refractivity contribution is 9.10. The molecule has 3 aromatic rings. The second-order valence-electron chi connectivity index (χ2n) is 5.64. The highest BCUT2D eigenvalue weighted by atomic mass is 79.9. The lowest BCUT2D eigenvalue weighted by molar-refractivity contribution is 0.102. The Kier molecular flexibility index (Phi) is 5.53. The van der Waals surface area contributed by atoms with Crippen molar-refractivity contribution in [3.63, 3.8) is 0 Å². The molecule has 2 heterocycles. The summed E-state index contributed by atoms with van der Waals surface area (Å²) in [5, 5.41) is 2.75. The van der Waals surface area contributed by atoms with Gasteiger partial charge >= 0.3 is 0 Å². The van der Waals surface area contributed by atoms with Crippen LogP contribution in [-0.2, 0) is 0 Å². The fourth-order valence-electron chi connectivity index (χ4n) is 2.51. The number of aromatic nitrogens is 3. The summed E-state index contributed by atoms with van der Waals surface area (Å²) >= 11 is 3.44. The number of aryl methyl sites for hydroxylation is 1. The van der Waals surface area contributed by atoms with Gasteiger partial charge in [0.15, 0.2) is 5.82 Å². The van der Waals surface area contributed by atoms with Crippen LogP contribution in [0.4, 0.5) is 5.82 Å². The van der Waals surface area contributed by atoms with Gasteiger partial charge in [-0.2, -0.15) is 0 Å². The number of allylic oxidation sites excluding steroid dienone is 1. The highest BCUT2D eigenvalue weighted by Gasteiger charge is 2.11. The summed E-state index contributed by atoms with van der Waals surface area (Å²) in [5.41, 5.74) is 4.14. The molecule has 1 aromatic carbocycles. The molecule has 3 rings (SSSR count). The number of nitrogens with one attached hydrogen (secondary N) is 1. The Morgan fingerprint density at radius 3 is 2.46 bits per heavy atom. The molecule has 0 bridgehead atoms. The highest BCUT2D eigenvalue weighted by Crippen LogP contribution is 2.23. The van der Waals surface area contributed by atoms with Gasteiger partial charge in [-0.3, -0.25) is 14.8 Å². The van der Waals surface area contributed by atoms with E-state index in [2.05, 4.69) is 36.2 Å². The number of hydrogen-bond acceptors (Lipinski definition) is 4. The topological polar surface area (TPSA) is 67.8 Å². The van der Waals surface area contributed by atoms with Gasteiger partial charge in [0.05, 0.1) is 23.7 Å². The zero-order chi connectivity index (χ0) is 18.5. The first-order chi connectivity index (χ1) is 12.6. The monoisotopic (exact) mass is 408 g/mol. The van der Waals surface area contributed by atoms with Crippen LogP contribution in [0.25, 0.3) is 5.57 Å². The van der Waals surface area contributed by atoms with Crippen LogP contribution in [-0.4, -0.2) is 20.9 Å². The Labute approximate surface area is 160 Å². The number of anilines is 1. The van der Waals surface area contributed by atoms with E-state index in [0.717, 1.165) is 26.9 Å². The largest absolute Gasteiger partial charge is 0.305 e. The molecule has 0 unspecified atom stereocenters. The number of halogens is 1. The van der Waals surface area contributed by atoms with Gasteiger partial charge in [-0.05, 0) is 43.2 Å². The van der Waals surface area contributed by atoms with Gasteiger partial charge in [0.1, 0.15) is 0 Å². The normalized spacial score (nSPS) is 11.3. The van der Waals surface area contributed by atoms with E-state index < -0.39 is 0 Å². The van der Waals surface area contributed by atoms with E-state index in [1.165, 1.54) is 6.20 Å². The molecule has 0 aliphatic carbocycles. The van der Waals surface area contributed by atoms with E-state index >= 15 is 0 Å². The van der Waals surface area contributed by atoms with E-state index in [1.807, 2.05) is 44.2 Å². The number of carbonyl (C=O) groups excluding carboxylic acids is 1. The van der Waals surface area contributed by atoms with Crippen molar-refractivity contribution in [1.29, 1.82) is 0 Å². The minimum Gasteiger partial charge on any atom is -0.305 e. The predicted octanol–water partition coefficient (Wildman–Crippen LogP) is 4.65. The molecule has 0 atom stereocenters. The third-order valence-electron chi connectivity index (χ3n) is 3.90. The number of hydrogen-bond donors (Lipinski definition) is 1. The van der Waals surface area contributed by atoms with E-state index in [4.69, 9.17) is 0 Å². The molecule has 0 saturated heterocycles. The third kappa shape index (κ3) is 4.03. The molecule has 0 aliphatic heterocycles. The first-order valence-electron chi connectivity index (χ1n) is 8.05. The first kappa shape index (κ1) is 17.9. The number of carbonyl (C=O) groups is 1. The number of rotatable bonds is 4. The Morgan fingerprint density at radius 1 is 1.08 bits per heavy atom. The Morgan fingerprint density at radius 2 is 1.85 bits per heavy atom. The van der Waals surface area contributed by atoms with E-state index in [9.17, 15) is 4.79 Å². The number of benzene rings is 1. The molecule has 0 aliphatic rings. The molecule has 26 heavy (non-hydrogen) atoms. The summed E-state index contributed by atoms with van der Waals surface area (Å²) in [6.45, 7) is 3.82. The maximum atomic E-state index is 12.3. The van der Waals surface area contributed by atoms with Crippen LogP contribution in [0.5, 0.6) is 0 Å². The smallest absolute Gasteiger partial charge is 0.258 e. The van der Waals surface area contributed by atoms with Gasteiger partial charge < -0.3 is 5.32 Å². The molecule has 0 saturated carbocycles. The van der Waals surface area contributed by atoms with Gasteiger partial charge in [-0.25, -0.2) is 4.98 Å². The van der Waals surface area contributed by atoms with Gasteiger partial charge in [0.2, 0.25) is 0 Å². The Bertz CT molecular complexity index is 950. The van der Waals surface area contributed by atoms with Gasteiger partial charge in [0.25, 0.3) is 5.91 Å². The summed E-state index contributed by atoms with van der Waals surface area (Å²) in [4.78, 5) is 25.1. The molecule has 2 aromatic heterocycles. The average molecular weight is 409 g/mol. The molecular formula is C20H17BrN4O. The third-order valence-corrected chi connectivity index (χ3v) is 4.43. The quantitative estimate of drug-likeness (QED) is 0.682. The Balaban J connectivity index is 1.79. The van der Waals surface area contributed by atoms with Crippen molar-refractivity contribution in [3.8, 4) is 0 Å². The van der Waals surface area contributed by atoms with E-state index in [0.29, 0.717) is 11.4 Å². The van der Waals surface area contributed by atoms with Crippen LogP contribution in [0.2, 0.25) is 0 Å². The summed E-state index contributed by atoms with van der Waals surface area (Å²) in [5.74, 6) is 0.144. The van der Waals surface area contributed by atoms with Crippen LogP contribution in [0, 0.1) is 6.92 Å². The second-order valence-corrected chi connectivity index (χ2v) is 6.56. The lowest BCUT2D eigenvalue weighted by Gasteiger charge is -2.09. The standard InChI is InChI=1S/C20H17BrN4O/c1-3-16(14-4-6-15(21)7-5-14)18-11-24-19(12-23-18)25-20(26)17-10-22-9-8-13(17)2/h3-12H,1-2H3,(H,24,25,26)/b16-3-. The fraction of sp³-hybridized carbons (Fsp3) is 0.100. The lowest BCUT2D eigenvalue weighted by Crippen LogP contribution is -2.15. The molecule has 130 valence electrons. The molecular weight excluding hydrogens is 392 g/mol. The van der Waals surface area contributed by atoms with Gasteiger partial charge in [0, 0.05) is 22.4 Å². The van der Waals surface area contributed by atoms with Crippen LogP contribution in [0.15, 0.2) is 65.7 Å². The van der Waals surface area contributed by atoms with Crippen molar-refractivity contribution in [2.75, 3.05) is 5.32 Å². The van der Waals surface area contributed by atoms with E-state index in [1.54, 1.807) is 24.7 Å². The minimum absolute atomic E-state index is 0.253. The van der Waals surface area contributed by atoms with Crippen LogP contribution in [0.1, 0.15) is 34.1 Å². The van der Waals surface area contributed by atoms with Crippen molar-refractivity contribution in [3.05, 3.63) is 88.1 Å². The van der Waals surface area contributed by atoms with Crippen molar-refractivity contribution in [1.82, 2.24) is 15.0 Å². The van der Waals surface area contributed by atoms with Crippen LogP contribution < -0.4 is 5.32 Å². The fourth-order valence-corrected chi connectivity index (χ4v) is 2.77. The van der Waals surface area contributed by atoms with Crippen LogP contribution in [0.3, 0.4) is 0 Å². The zero-order valence-electron chi connectivity index (χ0n) is 14.4. The molecule has 1 N–H and O–H groups in total. The Hall–Kier alpha value is -2.86.